The van der Waals surface area contributed by atoms with E-state index in [1.165, 1.54) is 57.1 Å². The fourth-order valence-electron chi connectivity index (χ4n) is 3.30. The lowest BCUT2D eigenvalue weighted by Gasteiger charge is -2.10. The minimum atomic E-state index is -4.02. The molecule has 1 aromatic carbocycles. The Morgan fingerprint density at radius 3 is 1.56 bits per heavy atom. The van der Waals surface area contributed by atoms with Crippen LogP contribution in [0.15, 0.2) is 24.3 Å². The van der Waals surface area contributed by atoms with E-state index in [1.807, 2.05) is 0 Å². The van der Waals surface area contributed by atoms with Gasteiger partial charge in [-0.15, -0.1) is 0 Å². The first-order valence-corrected chi connectivity index (χ1v) is 13.3. The molecule has 1 rings (SSSR count). The molecule has 8 heteroatoms. The standard InChI is InChI=1S/C24H38O7S/c1-2-3-4-5-6-7-8-9-10-13-18-30-23(25)21-16-11-12-17-22(21)24(26)31-19-14-15-20-32(27,28)29/h11-12,16-17H,2-10,13-15,18-20H2,1H3,(H,27,28,29). The van der Waals surface area contributed by atoms with Gasteiger partial charge in [0.05, 0.1) is 30.1 Å². The first-order valence-electron chi connectivity index (χ1n) is 11.7. The SMILES string of the molecule is CCCCCCCCCCCCOC(=O)c1ccccc1C(=O)OCCCCS(=O)(=O)O. The molecule has 0 radical (unpaired) electrons. The molecular formula is C24H38O7S. The summed E-state index contributed by atoms with van der Waals surface area (Å²) in [6.07, 6.45) is 12.4. The highest BCUT2D eigenvalue weighted by atomic mass is 32.2. The van der Waals surface area contributed by atoms with Gasteiger partial charge < -0.3 is 9.47 Å². The van der Waals surface area contributed by atoms with Crippen molar-refractivity contribution in [3.63, 3.8) is 0 Å². The number of benzene rings is 1. The van der Waals surface area contributed by atoms with Gasteiger partial charge >= 0.3 is 11.9 Å². The summed E-state index contributed by atoms with van der Waals surface area (Å²) in [4.78, 5) is 24.7. The van der Waals surface area contributed by atoms with E-state index in [1.54, 1.807) is 12.1 Å². The fourth-order valence-corrected chi connectivity index (χ4v) is 3.87. The molecule has 0 atom stereocenters. The molecular weight excluding hydrogens is 432 g/mol. The zero-order chi connectivity index (χ0) is 23.7. The molecule has 1 aromatic rings. The van der Waals surface area contributed by atoms with Gasteiger partial charge in [0.25, 0.3) is 10.1 Å². The summed E-state index contributed by atoms with van der Waals surface area (Å²) in [5.41, 5.74) is 0.276. The Kier molecular flexibility index (Phi) is 14.6. The van der Waals surface area contributed by atoms with E-state index in [0.29, 0.717) is 6.61 Å². The van der Waals surface area contributed by atoms with Crippen LogP contribution in [0.3, 0.4) is 0 Å². The molecule has 1 N–H and O–H groups in total. The Morgan fingerprint density at radius 2 is 1.12 bits per heavy atom. The highest BCUT2D eigenvalue weighted by Gasteiger charge is 2.19. The minimum absolute atomic E-state index is 0.00363. The molecule has 32 heavy (non-hydrogen) atoms. The summed E-state index contributed by atoms with van der Waals surface area (Å²) in [6, 6.07) is 6.31. The predicted molar refractivity (Wildman–Crippen MR) is 125 cm³/mol. The number of hydrogen-bond acceptors (Lipinski definition) is 6. The molecule has 0 heterocycles. The molecule has 0 aromatic heterocycles. The molecule has 0 saturated heterocycles. The average molecular weight is 471 g/mol. The van der Waals surface area contributed by atoms with Crippen LogP contribution in [0.5, 0.6) is 0 Å². The molecule has 0 aliphatic heterocycles. The zero-order valence-electron chi connectivity index (χ0n) is 19.2. The van der Waals surface area contributed by atoms with Crippen molar-refractivity contribution in [1.29, 1.82) is 0 Å². The third-order valence-corrected chi connectivity index (χ3v) is 5.93. The molecule has 0 spiro atoms. The number of esters is 2. The van der Waals surface area contributed by atoms with Crippen molar-refractivity contribution in [3.8, 4) is 0 Å². The maximum absolute atomic E-state index is 12.4. The van der Waals surface area contributed by atoms with Gasteiger partial charge in [-0.3, -0.25) is 4.55 Å². The number of hydrogen-bond donors (Lipinski definition) is 1. The highest BCUT2D eigenvalue weighted by Crippen LogP contribution is 2.14. The number of rotatable bonds is 18. The van der Waals surface area contributed by atoms with Crippen molar-refractivity contribution in [2.75, 3.05) is 19.0 Å². The third-order valence-electron chi connectivity index (χ3n) is 5.13. The van der Waals surface area contributed by atoms with E-state index < -0.39 is 22.1 Å². The Morgan fingerprint density at radius 1 is 0.719 bits per heavy atom. The van der Waals surface area contributed by atoms with Crippen molar-refractivity contribution >= 4 is 22.1 Å². The van der Waals surface area contributed by atoms with E-state index in [4.69, 9.17) is 14.0 Å². The predicted octanol–water partition coefficient (Wildman–Crippen LogP) is 5.59. The van der Waals surface area contributed by atoms with E-state index in [9.17, 15) is 18.0 Å². The first kappa shape index (κ1) is 28.1. The molecule has 182 valence electrons. The van der Waals surface area contributed by atoms with Crippen LogP contribution in [-0.2, 0) is 19.6 Å². The van der Waals surface area contributed by atoms with Gasteiger partial charge in [-0.2, -0.15) is 8.42 Å². The smallest absolute Gasteiger partial charge is 0.339 e. The summed E-state index contributed by atoms with van der Waals surface area (Å²) < 4.78 is 40.5. The van der Waals surface area contributed by atoms with Crippen LogP contribution in [0.2, 0.25) is 0 Å². The fraction of sp³-hybridized carbons (Fsp3) is 0.667. The third kappa shape index (κ3) is 13.5. The second-order valence-corrected chi connectivity index (χ2v) is 9.56. The second-order valence-electron chi connectivity index (χ2n) is 7.99. The average Bonchev–Trinajstić information content (AvgIpc) is 2.76. The molecule has 0 bridgehead atoms. The molecule has 0 aliphatic carbocycles. The van der Waals surface area contributed by atoms with Crippen LogP contribution in [-0.4, -0.2) is 43.9 Å². The van der Waals surface area contributed by atoms with Gasteiger partial charge in [0.1, 0.15) is 0 Å². The van der Waals surface area contributed by atoms with Crippen LogP contribution < -0.4 is 0 Å². The normalized spacial score (nSPS) is 11.3. The first-order chi connectivity index (χ1) is 15.3. The summed E-state index contributed by atoms with van der Waals surface area (Å²) >= 11 is 0. The minimum Gasteiger partial charge on any atom is -0.462 e. The van der Waals surface area contributed by atoms with Crippen LogP contribution in [0.25, 0.3) is 0 Å². The molecule has 0 fully saturated rings. The summed E-state index contributed by atoms with van der Waals surface area (Å²) in [7, 11) is -4.02. The number of unbranched alkanes of at least 4 members (excludes halogenated alkanes) is 10. The van der Waals surface area contributed by atoms with Crippen LogP contribution >= 0.6 is 0 Å². The van der Waals surface area contributed by atoms with Crippen LogP contribution in [0.4, 0.5) is 0 Å². The van der Waals surface area contributed by atoms with Crippen molar-refractivity contribution in [3.05, 3.63) is 35.4 Å². The molecule has 0 aliphatic rings. The monoisotopic (exact) mass is 470 g/mol. The van der Waals surface area contributed by atoms with Gasteiger partial charge in [0.15, 0.2) is 0 Å². The molecule has 7 nitrogen and oxygen atoms in total. The Labute approximate surface area is 192 Å². The van der Waals surface area contributed by atoms with Gasteiger partial charge in [-0.1, -0.05) is 76.8 Å². The van der Waals surface area contributed by atoms with E-state index in [-0.39, 0.29) is 36.3 Å². The van der Waals surface area contributed by atoms with E-state index >= 15 is 0 Å². The van der Waals surface area contributed by atoms with E-state index in [0.717, 1.165) is 19.3 Å². The van der Waals surface area contributed by atoms with E-state index in [2.05, 4.69) is 6.92 Å². The quantitative estimate of drug-likeness (QED) is 0.169. The molecule has 0 saturated carbocycles. The van der Waals surface area contributed by atoms with Gasteiger partial charge in [0, 0.05) is 0 Å². The Balaban J connectivity index is 2.27. The van der Waals surface area contributed by atoms with Gasteiger partial charge in [-0.25, -0.2) is 9.59 Å². The number of carbonyl (C=O) groups excluding carboxylic acids is 2. The van der Waals surface area contributed by atoms with Crippen molar-refractivity contribution in [2.45, 2.75) is 84.0 Å². The van der Waals surface area contributed by atoms with Crippen molar-refractivity contribution in [1.82, 2.24) is 0 Å². The maximum atomic E-state index is 12.4. The maximum Gasteiger partial charge on any atom is 0.339 e. The van der Waals surface area contributed by atoms with Gasteiger partial charge in [-0.05, 0) is 31.4 Å². The van der Waals surface area contributed by atoms with Gasteiger partial charge in [0.2, 0.25) is 0 Å². The summed E-state index contributed by atoms with van der Waals surface area (Å²) in [5.74, 6) is -1.60. The lowest BCUT2D eigenvalue weighted by atomic mass is 10.1. The van der Waals surface area contributed by atoms with Crippen LogP contribution in [0, 0.1) is 0 Å². The van der Waals surface area contributed by atoms with Crippen molar-refractivity contribution in [2.24, 2.45) is 0 Å². The van der Waals surface area contributed by atoms with Crippen LogP contribution in [0.1, 0.15) is 105 Å². The lowest BCUT2D eigenvalue weighted by molar-refractivity contribution is 0.0451. The largest absolute Gasteiger partial charge is 0.462 e. The Hall–Kier alpha value is -1.93. The second kappa shape index (κ2) is 16.7. The molecule has 0 unspecified atom stereocenters. The lowest BCUT2D eigenvalue weighted by Crippen LogP contribution is -2.15. The Bertz CT molecular complexity index is 774. The highest BCUT2D eigenvalue weighted by molar-refractivity contribution is 7.85. The van der Waals surface area contributed by atoms with Crippen molar-refractivity contribution < 1.29 is 32.0 Å². The summed E-state index contributed by atoms with van der Waals surface area (Å²) in [5, 5.41) is 0. The molecule has 0 amide bonds. The topological polar surface area (TPSA) is 107 Å². The number of ether oxygens (including phenoxy) is 2. The number of carbonyl (C=O) groups is 2. The summed E-state index contributed by atoms with van der Waals surface area (Å²) in [6.45, 7) is 2.53. The zero-order valence-corrected chi connectivity index (χ0v) is 20.0.